The molecule has 1 aromatic carbocycles. The van der Waals surface area contributed by atoms with E-state index in [4.69, 9.17) is 0 Å². The van der Waals surface area contributed by atoms with Crippen molar-refractivity contribution in [1.82, 2.24) is 4.98 Å². The fourth-order valence-corrected chi connectivity index (χ4v) is 3.56. The molecule has 2 aliphatic rings. The van der Waals surface area contributed by atoms with Gasteiger partial charge in [-0.2, -0.15) is 31.6 Å². The Kier molecular flexibility index (Phi) is 4.72. The van der Waals surface area contributed by atoms with Crippen LogP contribution < -0.4 is 21.2 Å². The van der Waals surface area contributed by atoms with Gasteiger partial charge in [-0.1, -0.05) is 12.2 Å². The van der Waals surface area contributed by atoms with Gasteiger partial charge in [-0.25, -0.2) is 15.0 Å². The second kappa shape index (κ2) is 7.67. The van der Waals surface area contributed by atoms with Crippen molar-refractivity contribution >= 4 is 23.1 Å². The van der Waals surface area contributed by atoms with Crippen molar-refractivity contribution in [1.29, 1.82) is 31.6 Å². The normalized spacial score (nSPS) is 13.9. The first kappa shape index (κ1) is 19.7. The van der Waals surface area contributed by atoms with Crippen molar-refractivity contribution in [2.24, 2.45) is 9.98 Å². The largest absolute Gasteiger partial charge is 0.235 e. The van der Waals surface area contributed by atoms with E-state index in [9.17, 15) is 31.6 Å². The minimum atomic E-state index is -0.108. The lowest BCUT2D eigenvalue weighted by molar-refractivity contribution is 1.15. The highest BCUT2D eigenvalue weighted by molar-refractivity contribution is 5.83. The van der Waals surface area contributed by atoms with Crippen molar-refractivity contribution in [3.63, 3.8) is 0 Å². The maximum absolute atomic E-state index is 9.54. The quantitative estimate of drug-likeness (QED) is 0.595. The molecule has 0 fully saturated rings. The molecule has 0 atom stereocenters. The predicted molar refractivity (Wildman–Crippen MR) is 107 cm³/mol. The van der Waals surface area contributed by atoms with E-state index in [0.29, 0.717) is 21.2 Å². The van der Waals surface area contributed by atoms with Crippen LogP contribution in [0.25, 0.3) is 23.1 Å². The second-order valence-electron chi connectivity index (χ2n) is 6.67. The van der Waals surface area contributed by atoms with Crippen molar-refractivity contribution < 1.29 is 0 Å². The molecule has 0 radical (unpaired) electrons. The van der Waals surface area contributed by atoms with Crippen molar-refractivity contribution in [2.75, 3.05) is 0 Å². The van der Waals surface area contributed by atoms with E-state index in [-0.39, 0.29) is 57.5 Å². The molecule has 9 nitrogen and oxygen atoms in total. The van der Waals surface area contributed by atoms with E-state index >= 15 is 0 Å². The van der Waals surface area contributed by atoms with E-state index in [2.05, 4.69) is 15.0 Å². The van der Waals surface area contributed by atoms with Crippen molar-refractivity contribution in [3.8, 4) is 36.4 Å². The fraction of sp³-hybridized carbons (Fsp3) is 0.0870. The molecule has 9 heteroatoms. The summed E-state index contributed by atoms with van der Waals surface area (Å²) in [6.07, 6.45) is 3.60. The van der Waals surface area contributed by atoms with Crippen LogP contribution >= 0.6 is 0 Å². The topological polar surface area (TPSA) is 180 Å². The van der Waals surface area contributed by atoms with Crippen molar-refractivity contribution in [3.05, 3.63) is 61.0 Å². The number of rotatable bonds is 0. The molecule has 32 heavy (non-hydrogen) atoms. The number of hydrogen-bond donors (Lipinski definition) is 0. The van der Waals surface area contributed by atoms with Gasteiger partial charge in [0.15, 0.2) is 17.1 Å². The van der Waals surface area contributed by atoms with Gasteiger partial charge in [0.05, 0.1) is 39.7 Å². The molecule has 144 valence electrons. The molecule has 2 aliphatic heterocycles. The molecule has 0 amide bonds. The molecule has 0 spiro atoms. The Balaban J connectivity index is 2.39. The highest BCUT2D eigenvalue weighted by Gasteiger charge is 2.17. The van der Waals surface area contributed by atoms with Crippen LogP contribution in [0.5, 0.6) is 0 Å². The van der Waals surface area contributed by atoms with E-state index in [0.717, 1.165) is 0 Å². The maximum atomic E-state index is 9.54. The first-order chi connectivity index (χ1) is 15.6. The number of fused-ring (bicyclic) bond motifs is 6. The van der Waals surface area contributed by atoms with Crippen LogP contribution in [-0.2, 0) is 0 Å². The van der Waals surface area contributed by atoms with E-state index in [1.54, 1.807) is 12.2 Å². The van der Waals surface area contributed by atoms with Gasteiger partial charge in [0, 0.05) is 28.7 Å². The van der Waals surface area contributed by atoms with Crippen LogP contribution in [0.1, 0.15) is 24.1 Å². The molecule has 0 saturated heterocycles. The summed E-state index contributed by atoms with van der Waals surface area (Å²) in [7, 11) is 0. The number of pyridine rings is 1. The Morgan fingerprint density at radius 2 is 1.25 bits per heavy atom. The zero-order valence-corrected chi connectivity index (χ0v) is 16.2. The van der Waals surface area contributed by atoms with Crippen LogP contribution in [0, 0.1) is 68.0 Å². The third-order valence-electron chi connectivity index (χ3n) is 5.05. The smallest absolute Gasteiger partial charge is 0.159 e. The lowest BCUT2D eigenvalue weighted by Crippen LogP contribution is -2.49. The molecular weight excluding hydrogens is 402 g/mol. The van der Waals surface area contributed by atoms with Crippen LogP contribution in [0.15, 0.2) is 38.6 Å². The Labute approximate surface area is 180 Å². The highest BCUT2D eigenvalue weighted by atomic mass is 14.8. The Morgan fingerprint density at radius 1 is 0.656 bits per heavy atom. The third kappa shape index (κ3) is 2.85. The Morgan fingerprint density at radius 3 is 1.78 bits per heavy atom. The number of allylic oxidation sites excluding steroid dienone is 4. The zero-order chi connectivity index (χ0) is 22.8. The summed E-state index contributed by atoms with van der Waals surface area (Å²) in [5.41, 5.74) is 0.349. The molecule has 0 unspecified atom stereocenters. The number of hydrogen-bond acceptors (Lipinski definition) is 9. The predicted octanol–water partition coefficient (Wildman–Crippen LogP) is 0.188. The molecular formula is C23H7N9. The molecule has 0 aliphatic carbocycles. The number of benzene rings is 1. The molecule has 0 bridgehead atoms. The maximum Gasteiger partial charge on any atom is 0.159 e. The summed E-state index contributed by atoms with van der Waals surface area (Å²) in [6.45, 7) is 0. The molecule has 0 saturated carbocycles. The minimum Gasteiger partial charge on any atom is -0.235 e. The van der Waals surface area contributed by atoms with Gasteiger partial charge in [0.1, 0.15) is 29.6 Å². The van der Waals surface area contributed by atoms with Gasteiger partial charge in [-0.15, -0.1) is 0 Å². The van der Waals surface area contributed by atoms with E-state index in [1.165, 1.54) is 6.07 Å². The highest BCUT2D eigenvalue weighted by Crippen LogP contribution is 2.15. The second-order valence-corrected chi connectivity index (χ2v) is 6.67. The van der Waals surface area contributed by atoms with Gasteiger partial charge in [0.25, 0.3) is 0 Å². The van der Waals surface area contributed by atoms with Crippen molar-refractivity contribution in [2.45, 2.75) is 12.8 Å². The summed E-state index contributed by atoms with van der Waals surface area (Å²) < 4.78 is 0. The lowest BCUT2D eigenvalue weighted by atomic mass is 10.0. The summed E-state index contributed by atoms with van der Waals surface area (Å²) in [5.74, 6) is 0. The fourth-order valence-electron chi connectivity index (χ4n) is 3.56. The standard InChI is InChI=1S/C23H7N9/c24-6-12-1-3-15-17-5-14(8-26)20(11-29)32-23(17)22-16(21(15)30-18(12)9-27)4-2-13(7-25)19(10-28)31-22/h3-5H,1-2H2. The van der Waals surface area contributed by atoms with Gasteiger partial charge in [0.2, 0.25) is 0 Å². The molecule has 0 N–H and O–H groups in total. The Hall–Kier alpha value is -5.61. The van der Waals surface area contributed by atoms with Crippen LogP contribution in [0.3, 0.4) is 0 Å². The van der Waals surface area contributed by atoms with E-state index in [1.807, 2.05) is 36.4 Å². The monoisotopic (exact) mass is 409 g/mol. The van der Waals surface area contributed by atoms with Gasteiger partial charge >= 0.3 is 0 Å². The Bertz CT molecular complexity index is 1830. The zero-order valence-electron chi connectivity index (χ0n) is 16.2. The molecule has 3 heterocycles. The van der Waals surface area contributed by atoms with Crippen LogP contribution in [-0.4, -0.2) is 4.98 Å². The SMILES string of the molecule is N#CC1=C(C#N)N=c2c3c(c4nc(C#N)c(C#N)cc4c2=CC1)=NC(C#N)=C(C#N)CC=3. The number of aromatic nitrogens is 1. The number of nitrogens with zero attached hydrogens (tertiary/aromatic N) is 9. The van der Waals surface area contributed by atoms with Gasteiger partial charge < -0.3 is 0 Å². The summed E-state index contributed by atoms with van der Waals surface area (Å²) in [4.78, 5) is 13.1. The third-order valence-corrected chi connectivity index (χ3v) is 5.05. The average molecular weight is 409 g/mol. The molecule has 4 rings (SSSR count). The minimum absolute atomic E-state index is 0.0418. The summed E-state index contributed by atoms with van der Waals surface area (Å²) >= 11 is 0. The van der Waals surface area contributed by atoms with Gasteiger partial charge in [-0.3, -0.25) is 0 Å². The average Bonchev–Trinajstić information content (AvgIpc) is 3.14. The molecule has 2 aromatic rings. The summed E-state index contributed by atoms with van der Waals surface area (Å²) in [6, 6.07) is 13.1. The van der Waals surface area contributed by atoms with E-state index < -0.39 is 0 Å². The first-order valence-electron chi connectivity index (χ1n) is 9.11. The summed E-state index contributed by atoms with van der Waals surface area (Å²) in [5, 5.41) is 58.8. The number of nitriles is 6. The van der Waals surface area contributed by atoms with Gasteiger partial charge in [-0.05, 0) is 6.07 Å². The lowest BCUT2D eigenvalue weighted by Gasteiger charge is -2.04. The molecule has 1 aromatic heterocycles. The first-order valence-corrected chi connectivity index (χ1v) is 9.11. The van der Waals surface area contributed by atoms with Crippen LogP contribution in [0.4, 0.5) is 0 Å². The van der Waals surface area contributed by atoms with Crippen LogP contribution in [0.2, 0.25) is 0 Å².